The molecule has 108 valence electrons. The van der Waals surface area contributed by atoms with Gasteiger partial charge in [-0.1, -0.05) is 12.1 Å². The number of carbonyl (C=O) groups is 1. The highest BCUT2D eigenvalue weighted by Gasteiger charge is 2.35. The van der Waals surface area contributed by atoms with E-state index in [1.807, 2.05) is 0 Å². The molecular weight excluding hydrogens is 261 g/mol. The molecule has 2 aliphatic heterocycles. The molecule has 0 spiro atoms. The minimum atomic E-state index is -0.411. The van der Waals surface area contributed by atoms with Gasteiger partial charge >= 0.3 is 6.03 Å². The van der Waals surface area contributed by atoms with E-state index in [1.165, 1.54) is 6.07 Å². The number of morpholine rings is 1. The molecule has 2 fully saturated rings. The van der Waals surface area contributed by atoms with Gasteiger partial charge in [0.05, 0.1) is 18.9 Å². The quantitative estimate of drug-likeness (QED) is 0.889. The van der Waals surface area contributed by atoms with Crippen molar-refractivity contribution in [2.75, 3.05) is 44.7 Å². The third-order valence-electron chi connectivity index (χ3n) is 3.83. The first-order chi connectivity index (χ1) is 9.74. The summed E-state index contributed by atoms with van der Waals surface area (Å²) in [6.07, 6.45) is 0. The first-order valence-electron chi connectivity index (χ1n) is 6.86. The summed E-state index contributed by atoms with van der Waals surface area (Å²) < 4.78 is 18.8. The number of ether oxygens (including phenoxy) is 1. The molecule has 0 saturated carbocycles. The summed E-state index contributed by atoms with van der Waals surface area (Å²) in [5.41, 5.74) is 0.229. The van der Waals surface area contributed by atoms with Crippen molar-refractivity contribution in [1.82, 2.24) is 9.80 Å². The highest BCUT2D eigenvalue weighted by molar-refractivity contribution is 5.90. The first-order valence-corrected chi connectivity index (χ1v) is 6.86. The molecule has 3 rings (SSSR count). The minimum absolute atomic E-state index is 0.229. The predicted octanol–water partition coefficient (Wildman–Crippen LogP) is 1.37. The molecule has 0 unspecified atom stereocenters. The van der Waals surface area contributed by atoms with Crippen molar-refractivity contribution in [3.05, 3.63) is 30.1 Å². The van der Waals surface area contributed by atoms with Gasteiger partial charge in [-0.2, -0.15) is 0 Å². The van der Waals surface area contributed by atoms with Crippen LogP contribution in [0.3, 0.4) is 0 Å². The Morgan fingerprint density at radius 2 is 1.95 bits per heavy atom. The molecule has 20 heavy (non-hydrogen) atoms. The van der Waals surface area contributed by atoms with Gasteiger partial charge in [-0.25, -0.2) is 9.18 Å². The van der Waals surface area contributed by atoms with Crippen LogP contribution in [0.25, 0.3) is 0 Å². The number of hydrogen-bond donors (Lipinski definition) is 1. The van der Waals surface area contributed by atoms with Crippen molar-refractivity contribution in [2.45, 2.75) is 6.04 Å². The molecule has 1 aromatic rings. The largest absolute Gasteiger partial charge is 0.379 e. The Balaban J connectivity index is 1.49. The molecule has 1 aromatic carbocycles. The monoisotopic (exact) mass is 279 g/mol. The van der Waals surface area contributed by atoms with Gasteiger partial charge in [0, 0.05) is 32.2 Å². The molecule has 2 heterocycles. The van der Waals surface area contributed by atoms with E-state index in [1.54, 1.807) is 23.1 Å². The number of hydrogen-bond acceptors (Lipinski definition) is 3. The van der Waals surface area contributed by atoms with Crippen LogP contribution in [0, 0.1) is 5.82 Å². The Morgan fingerprint density at radius 3 is 2.65 bits per heavy atom. The Kier molecular flexibility index (Phi) is 3.84. The smallest absolute Gasteiger partial charge is 0.322 e. The van der Waals surface area contributed by atoms with Crippen molar-refractivity contribution in [3.8, 4) is 0 Å². The van der Waals surface area contributed by atoms with Crippen molar-refractivity contribution in [2.24, 2.45) is 0 Å². The summed E-state index contributed by atoms with van der Waals surface area (Å²) in [6, 6.07) is 6.37. The van der Waals surface area contributed by atoms with Crippen LogP contribution in [0.4, 0.5) is 14.9 Å². The maximum atomic E-state index is 13.4. The second-order valence-corrected chi connectivity index (χ2v) is 5.12. The second-order valence-electron chi connectivity index (χ2n) is 5.12. The van der Waals surface area contributed by atoms with Gasteiger partial charge in [-0.15, -0.1) is 0 Å². The Labute approximate surface area is 117 Å². The highest BCUT2D eigenvalue weighted by atomic mass is 19.1. The second kappa shape index (κ2) is 5.76. The Morgan fingerprint density at radius 1 is 1.25 bits per heavy atom. The fourth-order valence-corrected chi connectivity index (χ4v) is 2.55. The van der Waals surface area contributed by atoms with Crippen LogP contribution in [0.15, 0.2) is 24.3 Å². The zero-order valence-electron chi connectivity index (χ0n) is 11.2. The number of halogens is 1. The Hall–Kier alpha value is -1.66. The van der Waals surface area contributed by atoms with Crippen LogP contribution in [0.2, 0.25) is 0 Å². The lowest BCUT2D eigenvalue weighted by Gasteiger charge is -2.46. The van der Waals surface area contributed by atoms with Gasteiger partial charge in [-0.3, -0.25) is 4.90 Å². The predicted molar refractivity (Wildman–Crippen MR) is 73.2 cm³/mol. The molecule has 0 bridgehead atoms. The number of urea groups is 1. The number of likely N-dealkylation sites (tertiary alicyclic amines) is 1. The summed E-state index contributed by atoms with van der Waals surface area (Å²) >= 11 is 0. The molecule has 0 radical (unpaired) electrons. The fourth-order valence-electron chi connectivity index (χ4n) is 2.55. The van der Waals surface area contributed by atoms with E-state index in [4.69, 9.17) is 4.74 Å². The SMILES string of the molecule is O=C(Nc1ccccc1F)N1CC(N2CCOCC2)C1. The van der Waals surface area contributed by atoms with E-state index >= 15 is 0 Å². The zero-order valence-corrected chi connectivity index (χ0v) is 11.2. The number of amides is 2. The summed E-state index contributed by atoms with van der Waals surface area (Å²) in [5.74, 6) is -0.411. The Bertz CT molecular complexity index is 485. The van der Waals surface area contributed by atoms with Crippen molar-refractivity contribution in [1.29, 1.82) is 0 Å². The van der Waals surface area contributed by atoms with E-state index in [9.17, 15) is 9.18 Å². The molecule has 2 aliphatic rings. The summed E-state index contributed by atoms with van der Waals surface area (Å²) in [7, 11) is 0. The number of rotatable bonds is 2. The van der Waals surface area contributed by atoms with E-state index < -0.39 is 5.82 Å². The van der Waals surface area contributed by atoms with Crippen LogP contribution in [-0.2, 0) is 4.74 Å². The van der Waals surface area contributed by atoms with Gasteiger partial charge in [0.25, 0.3) is 0 Å². The van der Waals surface area contributed by atoms with Crippen LogP contribution < -0.4 is 5.32 Å². The van der Waals surface area contributed by atoms with Gasteiger partial charge < -0.3 is 15.0 Å². The lowest BCUT2D eigenvalue weighted by Crippen LogP contribution is -2.63. The van der Waals surface area contributed by atoms with Crippen molar-refractivity contribution < 1.29 is 13.9 Å². The van der Waals surface area contributed by atoms with E-state index in [0.717, 1.165) is 26.3 Å². The molecule has 1 N–H and O–H groups in total. The first kappa shape index (κ1) is 13.3. The lowest BCUT2D eigenvalue weighted by molar-refractivity contribution is -0.0189. The van der Waals surface area contributed by atoms with Gasteiger partial charge in [0.15, 0.2) is 0 Å². The van der Waals surface area contributed by atoms with Crippen LogP contribution in [0.5, 0.6) is 0 Å². The molecule has 2 amide bonds. The highest BCUT2D eigenvalue weighted by Crippen LogP contribution is 2.19. The molecule has 5 nitrogen and oxygen atoms in total. The topological polar surface area (TPSA) is 44.8 Å². The number of nitrogens with zero attached hydrogens (tertiary/aromatic N) is 2. The molecule has 0 atom stereocenters. The average Bonchev–Trinajstić information content (AvgIpc) is 2.41. The molecule has 0 aromatic heterocycles. The lowest BCUT2D eigenvalue weighted by atomic mass is 10.1. The van der Waals surface area contributed by atoms with E-state index in [0.29, 0.717) is 19.1 Å². The molecule has 6 heteroatoms. The molecule has 2 saturated heterocycles. The zero-order chi connectivity index (χ0) is 13.9. The number of nitrogens with one attached hydrogen (secondary N) is 1. The third-order valence-corrected chi connectivity index (χ3v) is 3.83. The number of para-hydroxylation sites is 1. The molecule has 0 aliphatic carbocycles. The van der Waals surface area contributed by atoms with Gasteiger partial charge in [-0.05, 0) is 12.1 Å². The van der Waals surface area contributed by atoms with Gasteiger partial charge in [0.2, 0.25) is 0 Å². The minimum Gasteiger partial charge on any atom is -0.379 e. The van der Waals surface area contributed by atoms with Crippen molar-refractivity contribution in [3.63, 3.8) is 0 Å². The number of anilines is 1. The fraction of sp³-hybridized carbons (Fsp3) is 0.500. The average molecular weight is 279 g/mol. The molecular formula is C14H18FN3O2. The van der Waals surface area contributed by atoms with E-state index in [2.05, 4.69) is 10.2 Å². The number of benzene rings is 1. The number of carbonyl (C=O) groups excluding carboxylic acids is 1. The van der Waals surface area contributed by atoms with E-state index in [-0.39, 0.29) is 11.7 Å². The third kappa shape index (κ3) is 2.76. The standard InChI is InChI=1S/C14H18FN3O2/c15-12-3-1-2-4-13(12)16-14(19)18-9-11(10-18)17-5-7-20-8-6-17/h1-4,11H,5-10H2,(H,16,19). The van der Waals surface area contributed by atoms with Gasteiger partial charge in [0.1, 0.15) is 5.82 Å². The summed E-state index contributed by atoms with van der Waals surface area (Å²) in [4.78, 5) is 16.0. The maximum absolute atomic E-state index is 13.4. The maximum Gasteiger partial charge on any atom is 0.322 e. The van der Waals surface area contributed by atoms with Crippen LogP contribution >= 0.6 is 0 Å². The van der Waals surface area contributed by atoms with Crippen molar-refractivity contribution >= 4 is 11.7 Å². The van der Waals surface area contributed by atoms with Crippen LogP contribution in [-0.4, -0.2) is 61.3 Å². The van der Waals surface area contributed by atoms with Crippen LogP contribution in [0.1, 0.15) is 0 Å². The normalized spacial score (nSPS) is 20.6. The summed E-state index contributed by atoms with van der Waals surface area (Å²) in [6.45, 7) is 4.76. The summed E-state index contributed by atoms with van der Waals surface area (Å²) in [5, 5.41) is 2.60.